The molecule has 0 spiro atoms. The van der Waals surface area contributed by atoms with Crippen molar-refractivity contribution in [1.82, 2.24) is 5.01 Å². The van der Waals surface area contributed by atoms with Crippen LogP contribution >= 0.6 is 0 Å². The van der Waals surface area contributed by atoms with Crippen LogP contribution in [-0.2, 0) is 4.79 Å². The Morgan fingerprint density at radius 3 is 2.60 bits per heavy atom. The standard InChI is InChI=1S/C24H25N3O3/c1-17(23-9-6-14-30-23)25-16-24(28)27-22(19-10-12-20(29-2)13-11-19)15-21(26-27)18-7-4-3-5-8-18/h3-14,17,22,25H,15-16H2,1-2H3/p+1/t17-,22-/m0/s1. The Bertz CT molecular complexity index is 998. The van der Waals surface area contributed by atoms with Crippen molar-refractivity contribution in [1.29, 1.82) is 0 Å². The number of hydrazone groups is 1. The van der Waals surface area contributed by atoms with Crippen molar-refractivity contribution in [3.05, 3.63) is 89.9 Å². The summed E-state index contributed by atoms with van der Waals surface area (Å²) in [6, 6.07) is 21.6. The SMILES string of the molecule is COc1ccc([C@@H]2CC(c3ccccc3)=NN2C(=O)C[NH2+][C@@H](C)c2ccco2)cc1. The number of ether oxygens (including phenoxy) is 1. The fourth-order valence-electron chi connectivity index (χ4n) is 3.67. The second kappa shape index (κ2) is 8.97. The Morgan fingerprint density at radius 1 is 1.17 bits per heavy atom. The number of nitrogens with zero attached hydrogens (tertiary/aromatic N) is 2. The first kappa shape index (κ1) is 19.9. The van der Waals surface area contributed by atoms with Crippen molar-refractivity contribution in [2.24, 2.45) is 5.10 Å². The van der Waals surface area contributed by atoms with Gasteiger partial charge in [0.05, 0.1) is 25.1 Å². The molecule has 0 saturated carbocycles. The highest BCUT2D eigenvalue weighted by Crippen LogP contribution is 2.33. The molecule has 2 N–H and O–H groups in total. The third kappa shape index (κ3) is 4.28. The Morgan fingerprint density at radius 2 is 1.93 bits per heavy atom. The van der Waals surface area contributed by atoms with Crippen molar-refractivity contribution in [3.63, 3.8) is 0 Å². The number of quaternary nitrogens is 1. The summed E-state index contributed by atoms with van der Waals surface area (Å²) in [5.41, 5.74) is 3.00. The number of methoxy groups -OCH3 is 1. The monoisotopic (exact) mass is 404 g/mol. The topological polar surface area (TPSA) is 71.7 Å². The molecule has 2 aromatic carbocycles. The maximum atomic E-state index is 13.1. The van der Waals surface area contributed by atoms with Crippen molar-refractivity contribution >= 4 is 11.6 Å². The normalized spacial score (nSPS) is 16.9. The summed E-state index contributed by atoms with van der Waals surface area (Å²) in [4.78, 5) is 13.1. The minimum absolute atomic E-state index is 0.0276. The first-order valence-electron chi connectivity index (χ1n) is 10.1. The van der Waals surface area contributed by atoms with E-state index in [1.807, 2.05) is 79.0 Å². The molecule has 2 heterocycles. The third-order valence-corrected chi connectivity index (χ3v) is 5.41. The van der Waals surface area contributed by atoms with E-state index in [1.54, 1.807) is 18.4 Å². The molecule has 1 aliphatic heterocycles. The van der Waals surface area contributed by atoms with E-state index in [0.29, 0.717) is 13.0 Å². The molecular formula is C24H26N3O3+. The smallest absolute Gasteiger partial charge is 0.298 e. The quantitative estimate of drug-likeness (QED) is 0.657. The second-order valence-corrected chi connectivity index (χ2v) is 7.39. The van der Waals surface area contributed by atoms with E-state index in [2.05, 4.69) is 0 Å². The van der Waals surface area contributed by atoms with E-state index in [9.17, 15) is 4.79 Å². The molecule has 0 unspecified atom stereocenters. The molecule has 0 fully saturated rings. The maximum absolute atomic E-state index is 13.1. The summed E-state index contributed by atoms with van der Waals surface area (Å²) >= 11 is 0. The largest absolute Gasteiger partial charge is 0.497 e. The average molecular weight is 404 g/mol. The van der Waals surface area contributed by atoms with Crippen LogP contribution in [-0.4, -0.2) is 30.3 Å². The minimum atomic E-state index is -0.133. The van der Waals surface area contributed by atoms with Crippen LogP contribution in [0.25, 0.3) is 0 Å². The van der Waals surface area contributed by atoms with Crippen LogP contribution in [0.1, 0.15) is 42.3 Å². The van der Waals surface area contributed by atoms with Gasteiger partial charge in [0, 0.05) is 6.42 Å². The van der Waals surface area contributed by atoms with E-state index in [0.717, 1.165) is 28.3 Å². The van der Waals surface area contributed by atoms with Crippen molar-refractivity contribution in [2.75, 3.05) is 13.7 Å². The second-order valence-electron chi connectivity index (χ2n) is 7.39. The van der Waals surface area contributed by atoms with Crippen LogP contribution in [0.5, 0.6) is 5.75 Å². The lowest BCUT2D eigenvalue weighted by atomic mass is 9.98. The summed E-state index contributed by atoms with van der Waals surface area (Å²) in [6.45, 7) is 2.32. The molecule has 30 heavy (non-hydrogen) atoms. The number of hydrogen-bond acceptors (Lipinski definition) is 4. The summed E-state index contributed by atoms with van der Waals surface area (Å²) in [6.07, 6.45) is 2.33. The van der Waals surface area contributed by atoms with Crippen molar-refractivity contribution < 1.29 is 19.3 Å². The molecule has 1 aliphatic rings. The lowest BCUT2D eigenvalue weighted by molar-refractivity contribution is -0.685. The number of nitrogens with two attached hydrogens (primary N) is 1. The Hall–Kier alpha value is -3.38. The van der Waals surface area contributed by atoms with Gasteiger partial charge in [-0.25, -0.2) is 5.01 Å². The molecule has 3 aromatic rings. The van der Waals surface area contributed by atoms with Crippen LogP contribution in [0, 0.1) is 0 Å². The predicted molar refractivity (Wildman–Crippen MR) is 114 cm³/mol. The Labute approximate surface area is 176 Å². The number of carbonyl (C=O) groups excluding carboxylic acids is 1. The third-order valence-electron chi connectivity index (χ3n) is 5.41. The van der Waals surface area contributed by atoms with Gasteiger partial charge in [0.1, 0.15) is 11.8 Å². The van der Waals surface area contributed by atoms with Gasteiger partial charge in [-0.3, -0.25) is 4.79 Å². The van der Waals surface area contributed by atoms with E-state index >= 15 is 0 Å². The van der Waals surface area contributed by atoms with E-state index < -0.39 is 0 Å². The molecule has 2 atom stereocenters. The van der Waals surface area contributed by atoms with Gasteiger partial charge in [0.15, 0.2) is 12.3 Å². The molecular weight excluding hydrogens is 378 g/mol. The zero-order chi connectivity index (χ0) is 20.9. The lowest BCUT2D eigenvalue weighted by Gasteiger charge is -2.22. The minimum Gasteiger partial charge on any atom is -0.497 e. The van der Waals surface area contributed by atoms with Gasteiger partial charge in [-0.1, -0.05) is 42.5 Å². The number of hydrogen-bond donors (Lipinski definition) is 1. The molecule has 4 rings (SSSR count). The summed E-state index contributed by atoms with van der Waals surface area (Å²) < 4.78 is 10.7. The van der Waals surface area contributed by atoms with Gasteiger partial charge in [-0.2, -0.15) is 5.10 Å². The molecule has 0 radical (unpaired) electrons. The highest BCUT2D eigenvalue weighted by molar-refractivity contribution is 6.03. The van der Waals surface area contributed by atoms with Crippen molar-refractivity contribution in [3.8, 4) is 5.75 Å². The Kier molecular flexibility index (Phi) is 5.95. The number of benzene rings is 2. The van der Waals surface area contributed by atoms with Gasteiger partial charge in [0.25, 0.3) is 5.91 Å². The molecule has 154 valence electrons. The zero-order valence-corrected chi connectivity index (χ0v) is 17.2. The molecule has 1 aromatic heterocycles. The first-order chi connectivity index (χ1) is 14.7. The van der Waals surface area contributed by atoms with Gasteiger partial charge < -0.3 is 14.5 Å². The predicted octanol–water partition coefficient (Wildman–Crippen LogP) is 3.29. The van der Waals surface area contributed by atoms with Crippen molar-refractivity contribution in [2.45, 2.75) is 25.4 Å². The molecule has 6 heteroatoms. The van der Waals surface area contributed by atoms with Gasteiger partial charge >= 0.3 is 0 Å². The highest BCUT2D eigenvalue weighted by Gasteiger charge is 2.34. The number of amides is 1. The summed E-state index contributed by atoms with van der Waals surface area (Å²) in [5.74, 6) is 1.61. The number of carbonyl (C=O) groups is 1. The maximum Gasteiger partial charge on any atom is 0.298 e. The Balaban J connectivity index is 1.54. The summed E-state index contributed by atoms with van der Waals surface area (Å²) in [5, 5.41) is 8.33. The van der Waals surface area contributed by atoms with E-state index in [4.69, 9.17) is 14.3 Å². The molecule has 0 bridgehead atoms. The fraction of sp³-hybridized carbons (Fsp3) is 0.250. The van der Waals surface area contributed by atoms with Gasteiger partial charge in [-0.05, 0) is 42.3 Å². The van der Waals surface area contributed by atoms with Gasteiger partial charge in [-0.15, -0.1) is 0 Å². The average Bonchev–Trinajstić information content (AvgIpc) is 3.48. The number of furan rings is 1. The van der Waals surface area contributed by atoms with Crippen LogP contribution in [0.3, 0.4) is 0 Å². The molecule has 1 amide bonds. The van der Waals surface area contributed by atoms with Gasteiger partial charge in [0.2, 0.25) is 0 Å². The van der Waals surface area contributed by atoms with Crippen LogP contribution < -0.4 is 10.1 Å². The molecule has 0 saturated heterocycles. The molecule has 6 nitrogen and oxygen atoms in total. The zero-order valence-electron chi connectivity index (χ0n) is 17.2. The van der Waals surface area contributed by atoms with Crippen LogP contribution in [0.15, 0.2) is 82.5 Å². The van der Waals surface area contributed by atoms with E-state index in [-0.39, 0.29) is 18.0 Å². The highest BCUT2D eigenvalue weighted by atomic mass is 16.5. The molecule has 0 aliphatic carbocycles. The number of rotatable bonds is 7. The fourth-order valence-corrected chi connectivity index (χ4v) is 3.67. The lowest BCUT2D eigenvalue weighted by Crippen LogP contribution is -2.86. The van der Waals surface area contributed by atoms with Crippen LogP contribution in [0.2, 0.25) is 0 Å². The van der Waals surface area contributed by atoms with Crippen LogP contribution in [0.4, 0.5) is 0 Å². The summed E-state index contributed by atoms with van der Waals surface area (Å²) in [7, 11) is 1.65. The van der Waals surface area contributed by atoms with E-state index in [1.165, 1.54) is 0 Å². The first-order valence-corrected chi connectivity index (χ1v) is 10.1.